The highest BCUT2D eigenvalue weighted by molar-refractivity contribution is 7.71. The van der Waals surface area contributed by atoms with E-state index in [1.54, 1.807) is 0 Å². The zero-order chi connectivity index (χ0) is 25.3. The van der Waals surface area contributed by atoms with Crippen LogP contribution in [-0.2, 0) is 12.8 Å². The Morgan fingerprint density at radius 3 is 2.00 bits per heavy atom. The van der Waals surface area contributed by atoms with Gasteiger partial charge in [-0.3, -0.25) is 0 Å². The van der Waals surface area contributed by atoms with Gasteiger partial charge in [-0.15, -0.1) is 0 Å². The van der Waals surface area contributed by atoms with Crippen molar-refractivity contribution in [3.8, 4) is 11.1 Å². The Bertz CT molecular complexity index is 1340. The van der Waals surface area contributed by atoms with Crippen LogP contribution >= 0.6 is 12.2 Å². The predicted octanol–water partition coefficient (Wildman–Crippen LogP) is 11.1. The molecule has 0 bridgehead atoms. The van der Waals surface area contributed by atoms with Crippen molar-refractivity contribution in [2.45, 2.75) is 90.9 Å². The highest BCUT2D eigenvalue weighted by atomic mass is 32.1. The summed E-state index contributed by atoms with van der Waals surface area (Å²) in [6.07, 6.45) is 14.1. The lowest BCUT2D eigenvalue weighted by molar-refractivity contribution is 0.534. The van der Waals surface area contributed by atoms with Gasteiger partial charge in [0.1, 0.15) is 0 Å². The Labute approximate surface area is 220 Å². The Morgan fingerprint density at radius 2 is 1.25 bits per heavy atom. The summed E-state index contributed by atoms with van der Waals surface area (Å²) in [6.45, 7) is 4.47. The maximum atomic E-state index is 15.4. The first kappa shape index (κ1) is 26.5. The molecular formula is C33H39FOS. The molecule has 3 heteroatoms. The van der Waals surface area contributed by atoms with E-state index in [1.165, 1.54) is 56.9 Å². The SMILES string of the molecule is CCCCCCCCc1ccc2c(oc(=S)c3cc(-c4ccc(CCCCCC)cc4)ccc32)c1F. The molecule has 0 aliphatic rings. The van der Waals surface area contributed by atoms with E-state index in [4.69, 9.17) is 16.6 Å². The third kappa shape index (κ3) is 6.42. The number of hydrogen-bond donors (Lipinski definition) is 0. The monoisotopic (exact) mass is 502 g/mol. The first-order valence-corrected chi connectivity index (χ1v) is 14.3. The van der Waals surface area contributed by atoms with Crippen molar-refractivity contribution >= 4 is 34.0 Å². The average Bonchev–Trinajstić information content (AvgIpc) is 2.90. The first-order valence-electron chi connectivity index (χ1n) is 13.9. The largest absolute Gasteiger partial charge is 0.441 e. The van der Waals surface area contributed by atoms with E-state index in [9.17, 15) is 0 Å². The highest BCUT2D eigenvalue weighted by Gasteiger charge is 2.14. The van der Waals surface area contributed by atoms with Crippen molar-refractivity contribution in [2.75, 3.05) is 0 Å². The first-order chi connectivity index (χ1) is 17.6. The zero-order valence-electron chi connectivity index (χ0n) is 21.9. The summed E-state index contributed by atoms with van der Waals surface area (Å²) < 4.78 is 21.6. The topological polar surface area (TPSA) is 13.1 Å². The van der Waals surface area contributed by atoms with Crippen LogP contribution in [0.3, 0.4) is 0 Å². The van der Waals surface area contributed by atoms with Crippen LogP contribution in [-0.4, -0.2) is 0 Å². The molecule has 0 spiro atoms. The maximum absolute atomic E-state index is 15.4. The molecule has 0 saturated heterocycles. The minimum absolute atomic E-state index is 0.257. The fourth-order valence-electron chi connectivity index (χ4n) is 5.09. The Kier molecular flexibility index (Phi) is 9.69. The zero-order valence-corrected chi connectivity index (χ0v) is 22.7. The number of hydrogen-bond acceptors (Lipinski definition) is 2. The van der Waals surface area contributed by atoms with Gasteiger partial charge in [0.25, 0.3) is 0 Å². The molecule has 0 atom stereocenters. The predicted molar refractivity (Wildman–Crippen MR) is 155 cm³/mol. The Morgan fingerprint density at radius 1 is 0.639 bits per heavy atom. The molecule has 190 valence electrons. The van der Waals surface area contributed by atoms with Crippen LogP contribution in [0.1, 0.15) is 89.2 Å². The lowest BCUT2D eigenvalue weighted by Crippen LogP contribution is -1.94. The van der Waals surface area contributed by atoms with Crippen LogP contribution in [0.5, 0.6) is 0 Å². The molecular weight excluding hydrogens is 463 g/mol. The van der Waals surface area contributed by atoms with Gasteiger partial charge in [-0.05, 0) is 71.6 Å². The average molecular weight is 503 g/mol. The smallest absolute Gasteiger partial charge is 0.198 e. The summed E-state index contributed by atoms with van der Waals surface area (Å²) in [7, 11) is 0. The van der Waals surface area contributed by atoms with Crippen LogP contribution in [0.25, 0.3) is 32.9 Å². The fourth-order valence-corrected chi connectivity index (χ4v) is 5.34. The van der Waals surface area contributed by atoms with Crippen LogP contribution in [0, 0.1) is 10.5 Å². The maximum Gasteiger partial charge on any atom is 0.198 e. The number of benzene rings is 3. The lowest BCUT2D eigenvalue weighted by atomic mass is 9.97. The van der Waals surface area contributed by atoms with Crippen molar-refractivity contribution in [1.29, 1.82) is 0 Å². The van der Waals surface area contributed by atoms with Crippen molar-refractivity contribution in [2.24, 2.45) is 0 Å². The van der Waals surface area contributed by atoms with Crippen molar-refractivity contribution in [1.82, 2.24) is 0 Å². The summed E-state index contributed by atoms with van der Waals surface area (Å²) in [5.74, 6) is -0.257. The van der Waals surface area contributed by atoms with Gasteiger partial charge in [0.15, 0.2) is 16.1 Å². The molecule has 0 radical (unpaired) electrons. The van der Waals surface area contributed by atoms with E-state index in [1.807, 2.05) is 12.1 Å². The number of unbranched alkanes of at least 4 members (excludes halogenated alkanes) is 8. The minimum Gasteiger partial charge on any atom is -0.441 e. The van der Waals surface area contributed by atoms with Crippen LogP contribution in [0.2, 0.25) is 0 Å². The summed E-state index contributed by atoms with van der Waals surface area (Å²) in [5.41, 5.74) is 4.65. The van der Waals surface area contributed by atoms with E-state index in [0.717, 1.165) is 58.5 Å². The third-order valence-electron chi connectivity index (χ3n) is 7.31. The molecule has 0 aliphatic heterocycles. The van der Waals surface area contributed by atoms with Gasteiger partial charge in [0.05, 0.1) is 0 Å². The summed E-state index contributed by atoms with van der Waals surface area (Å²) in [5, 5.41) is 2.60. The third-order valence-corrected chi connectivity index (χ3v) is 7.61. The standard InChI is InChI=1S/C33H39FOS/c1-3-5-7-9-10-12-14-26-19-22-29-28-21-20-27(23-30(28)33(36)35-32(29)31(26)34)25-17-15-24(16-18-25)13-11-8-6-4-2/h15-23H,3-14H2,1-2H3. The van der Waals surface area contributed by atoms with Crippen LogP contribution in [0.15, 0.2) is 59.0 Å². The van der Waals surface area contributed by atoms with Gasteiger partial charge in [0.2, 0.25) is 0 Å². The molecule has 4 aromatic rings. The quantitative estimate of drug-likeness (QED) is 0.102. The second-order valence-electron chi connectivity index (χ2n) is 10.1. The molecule has 3 aromatic carbocycles. The summed E-state index contributed by atoms with van der Waals surface area (Å²) in [6, 6.07) is 19.0. The van der Waals surface area contributed by atoms with Gasteiger partial charge in [-0.2, -0.15) is 0 Å². The van der Waals surface area contributed by atoms with Crippen molar-refractivity contribution < 1.29 is 8.81 Å². The molecule has 1 nitrogen and oxygen atoms in total. The molecule has 1 aromatic heterocycles. The molecule has 0 aliphatic carbocycles. The van der Waals surface area contributed by atoms with Gasteiger partial charge in [-0.25, -0.2) is 4.39 Å². The number of aryl methyl sites for hydroxylation is 2. The highest BCUT2D eigenvalue weighted by Crippen LogP contribution is 2.33. The van der Waals surface area contributed by atoms with E-state index in [2.05, 4.69) is 56.3 Å². The van der Waals surface area contributed by atoms with Crippen LogP contribution < -0.4 is 0 Å². The van der Waals surface area contributed by atoms with E-state index in [-0.39, 0.29) is 11.4 Å². The number of halogens is 1. The molecule has 0 unspecified atom stereocenters. The minimum atomic E-state index is -0.257. The Hall–Kier alpha value is -2.52. The van der Waals surface area contributed by atoms with Gasteiger partial charge in [0, 0.05) is 10.8 Å². The molecule has 4 rings (SSSR count). The normalized spacial score (nSPS) is 11.5. The molecule has 0 fully saturated rings. The molecule has 0 N–H and O–H groups in total. The second-order valence-corrected chi connectivity index (χ2v) is 10.5. The second kappa shape index (κ2) is 13.1. The summed E-state index contributed by atoms with van der Waals surface area (Å²) in [4.78, 5) is 0. The Balaban J connectivity index is 1.54. The molecule has 0 amide bonds. The van der Waals surface area contributed by atoms with E-state index in [0.29, 0.717) is 4.71 Å². The van der Waals surface area contributed by atoms with Crippen molar-refractivity contribution in [3.05, 3.63) is 76.2 Å². The molecule has 1 heterocycles. The van der Waals surface area contributed by atoms with Gasteiger partial charge < -0.3 is 4.42 Å². The summed E-state index contributed by atoms with van der Waals surface area (Å²) >= 11 is 5.60. The van der Waals surface area contributed by atoms with Gasteiger partial charge in [-0.1, -0.05) is 114 Å². The molecule has 0 saturated carbocycles. The number of fused-ring (bicyclic) bond motifs is 3. The molecule has 36 heavy (non-hydrogen) atoms. The van der Waals surface area contributed by atoms with E-state index >= 15 is 4.39 Å². The number of rotatable bonds is 13. The van der Waals surface area contributed by atoms with Crippen molar-refractivity contribution in [3.63, 3.8) is 0 Å². The lowest BCUT2D eigenvalue weighted by Gasteiger charge is -2.10. The van der Waals surface area contributed by atoms with Gasteiger partial charge >= 0.3 is 0 Å². The van der Waals surface area contributed by atoms with Crippen LogP contribution in [0.4, 0.5) is 4.39 Å². The van der Waals surface area contributed by atoms with E-state index < -0.39 is 0 Å². The fraction of sp³-hybridized carbons (Fsp3) is 0.424.